The Hall–Kier alpha value is -2.55. The first-order valence-corrected chi connectivity index (χ1v) is 5.75. The first-order chi connectivity index (χ1) is 8.83. The van der Waals surface area contributed by atoms with Crippen molar-refractivity contribution >= 4 is 28.5 Å². The van der Waals surface area contributed by atoms with E-state index in [0.717, 1.165) is 28.0 Å². The van der Waals surface area contributed by atoms with E-state index in [1.165, 1.54) is 0 Å². The fourth-order valence-electron chi connectivity index (χ4n) is 2.35. The maximum Gasteiger partial charge on any atom is 0.186 e. The van der Waals surface area contributed by atoms with Crippen molar-refractivity contribution in [2.45, 2.75) is 0 Å². The van der Waals surface area contributed by atoms with Crippen LogP contribution in [0.15, 0.2) is 48.1 Å². The fourth-order valence-corrected chi connectivity index (χ4v) is 2.35. The van der Waals surface area contributed by atoms with Gasteiger partial charge in [-0.2, -0.15) is 0 Å². The summed E-state index contributed by atoms with van der Waals surface area (Å²) in [6, 6.07) is 7.73. The van der Waals surface area contributed by atoms with Gasteiger partial charge in [0.05, 0.1) is 22.4 Å². The number of rotatable bonds is 0. The summed E-state index contributed by atoms with van der Waals surface area (Å²) in [6.45, 7) is 0. The van der Waals surface area contributed by atoms with Gasteiger partial charge in [-0.15, -0.1) is 0 Å². The molecule has 0 N–H and O–H groups in total. The number of hydrogen-bond acceptors (Lipinski definition) is 3. The topological polar surface area (TPSA) is 42.9 Å². The van der Waals surface area contributed by atoms with E-state index in [4.69, 9.17) is 0 Å². The lowest BCUT2D eigenvalue weighted by Crippen LogP contribution is -2.02. The molecule has 0 spiro atoms. The third kappa shape index (κ3) is 1.16. The lowest BCUT2D eigenvalue weighted by atomic mass is 9.99. The summed E-state index contributed by atoms with van der Waals surface area (Å²) < 4.78 is 0. The minimum absolute atomic E-state index is 0.0244. The number of para-hydroxylation sites is 2. The van der Waals surface area contributed by atoms with Crippen molar-refractivity contribution in [3.63, 3.8) is 0 Å². The molecule has 84 valence electrons. The summed E-state index contributed by atoms with van der Waals surface area (Å²) >= 11 is 0. The summed E-state index contributed by atoms with van der Waals surface area (Å²) in [5, 5.41) is 0. The van der Waals surface area contributed by atoms with E-state index in [1.807, 2.05) is 36.4 Å². The van der Waals surface area contributed by atoms with E-state index in [-0.39, 0.29) is 5.78 Å². The molecule has 0 radical (unpaired) electrons. The molecule has 0 atom stereocenters. The molecule has 0 fully saturated rings. The van der Waals surface area contributed by atoms with Gasteiger partial charge in [0.25, 0.3) is 0 Å². The summed E-state index contributed by atoms with van der Waals surface area (Å²) in [4.78, 5) is 20.9. The van der Waals surface area contributed by atoms with Gasteiger partial charge in [0.1, 0.15) is 0 Å². The maximum atomic E-state index is 11.8. The quantitative estimate of drug-likeness (QED) is 0.701. The Balaban J connectivity index is 2.05. The van der Waals surface area contributed by atoms with Crippen LogP contribution in [0, 0.1) is 0 Å². The number of ketones is 1. The van der Waals surface area contributed by atoms with E-state index >= 15 is 0 Å². The smallest absolute Gasteiger partial charge is 0.186 e. The minimum atomic E-state index is 0.0244. The highest BCUT2D eigenvalue weighted by molar-refractivity contribution is 6.23. The molecular formula is C15H8N2O. The van der Waals surface area contributed by atoms with Crippen LogP contribution in [0.5, 0.6) is 0 Å². The van der Waals surface area contributed by atoms with Crippen molar-refractivity contribution in [1.29, 1.82) is 0 Å². The van der Waals surface area contributed by atoms with Gasteiger partial charge < -0.3 is 0 Å². The number of carbonyl (C=O) groups is 1. The van der Waals surface area contributed by atoms with Gasteiger partial charge in [0.15, 0.2) is 5.78 Å². The second-order valence-corrected chi connectivity index (χ2v) is 4.31. The highest BCUT2D eigenvalue weighted by Gasteiger charge is 2.26. The SMILES string of the molecule is O=C1C=CC=C2C1=Cc1nc3ccccc3nc12. The van der Waals surface area contributed by atoms with E-state index in [1.54, 1.807) is 12.2 Å². The standard InChI is InChI=1S/C15H8N2O/c18-14-7-3-4-9-10(14)8-13-15(9)17-12-6-2-1-5-11(12)16-13/h1-8H. The highest BCUT2D eigenvalue weighted by Crippen LogP contribution is 2.36. The molecule has 0 aliphatic heterocycles. The van der Waals surface area contributed by atoms with Gasteiger partial charge in [-0.25, -0.2) is 9.97 Å². The molecule has 0 unspecified atom stereocenters. The van der Waals surface area contributed by atoms with Gasteiger partial charge in [-0.1, -0.05) is 24.3 Å². The Morgan fingerprint density at radius 1 is 0.944 bits per heavy atom. The second kappa shape index (κ2) is 3.23. The third-order valence-corrected chi connectivity index (χ3v) is 3.20. The first kappa shape index (κ1) is 9.48. The largest absolute Gasteiger partial charge is 0.289 e. The Bertz CT molecular complexity index is 797. The maximum absolute atomic E-state index is 11.8. The normalized spacial score (nSPS) is 16.3. The highest BCUT2D eigenvalue weighted by atomic mass is 16.1. The van der Waals surface area contributed by atoms with Crippen molar-refractivity contribution in [2.24, 2.45) is 0 Å². The molecule has 3 nitrogen and oxygen atoms in total. The minimum Gasteiger partial charge on any atom is -0.289 e. The molecule has 4 rings (SSSR count). The number of aromatic nitrogens is 2. The molecule has 3 heteroatoms. The van der Waals surface area contributed by atoms with Crippen molar-refractivity contribution in [3.05, 3.63) is 59.5 Å². The lowest BCUT2D eigenvalue weighted by Gasteiger charge is -2.06. The van der Waals surface area contributed by atoms with Crippen LogP contribution in [0.3, 0.4) is 0 Å². The Morgan fingerprint density at radius 2 is 1.72 bits per heavy atom. The fraction of sp³-hybridized carbons (Fsp3) is 0. The molecule has 2 aromatic rings. The molecule has 2 aliphatic rings. The van der Waals surface area contributed by atoms with Crippen LogP contribution in [0.2, 0.25) is 0 Å². The molecule has 0 saturated carbocycles. The number of hydrogen-bond donors (Lipinski definition) is 0. The van der Waals surface area contributed by atoms with E-state index in [9.17, 15) is 4.79 Å². The number of fused-ring (bicyclic) bond motifs is 4. The Kier molecular flexibility index (Phi) is 1.70. The van der Waals surface area contributed by atoms with Gasteiger partial charge >= 0.3 is 0 Å². The van der Waals surface area contributed by atoms with Crippen molar-refractivity contribution in [3.8, 4) is 0 Å². The molecule has 0 bridgehead atoms. The van der Waals surface area contributed by atoms with Crippen LogP contribution in [-0.4, -0.2) is 15.8 Å². The monoisotopic (exact) mass is 232 g/mol. The van der Waals surface area contributed by atoms with E-state index < -0.39 is 0 Å². The van der Waals surface area contributed by atoms with Crippen LogP contribution < -0.4 is 0 Å². The van der Waals surface area contributed by atoms with Crippen molar-refractivity contribution in [2.75, 3.05) is 0 Å². The van der Waals surface area contributed by atoms with Gasteiger partial charge in [-0.05, 0) is 24.3 Å². The average Bonchev–Trinajstić information content (AvgIpc) is 2.76. The number of benzene rings is 1. The number of allylic oxidation sites excluding steroid dienone is 5. The van der Waals surface area contributed by atoms with Crippen molar-refractivity contribution in [1.82, 2.24) is 9.97 Å². The third-order valence-electron chi connectivity index (χ3n) is 3.20. The molecule has 1 aromatic heterocycles. The predicted octanol–water partition coefficient (Wildman–Crippen LogP) is 2.55. The summed E-state index contributed by atoms with van der Waals surface area (Å²) in [5.41, 5.74) is 4.88. The molecule has 0 amide bonds. The lowest BCUT2D eigenvalue weighted by molar-refractivity contribution is -0.110. The van der Waals surface area contributed by atoms with Gasteiger partial charge in [-0.3, -0.25) is 4.79 Å². The molecule has 18 heavy (non-hydrogen) atoms. The molecule has 1 aromatic carbocycles. The number of nitrogens with zero attached hydrogens (tertiary/aromatic N) is 2. The van der Waals surface area contributed by atoms with Crippen LogP contribution in [0.4, 0.5) is 0 Å². The van der Waals surface area contributed by atoms with Crippen LogP contribution in [0.1, 0.15) is 11.4 Å². The summed E-state index contributed by atoms with van der Waals surface area (Å²) in [6.07, 6.45) is 7.08. The van der Waals surface area contributed by atoms with Crippen molar-refractivity contribution < 1.29 is 4.79 Å². The first-order valence-electron chi connectivity index (χ1n) is 5.75. The molecule has 1 heterocycles. The average molecular weight is 232 g/mol. The predicted molar refractivity (Wildman–Crippen MR) is 69.6 cm³/mol. The zero-order valence-electron chi connectivity index (χ0n) is 9.42. The van der Waals surface area contributed by atoms with Gasteiger partial charge in [0, 0.05) is 11.1 Å². The van der Waals surface area contributed by atoms with E-state index in [2.05, 4.69) is 9.97 Å². The van der Waals surface area contributed by atoms with Crippen LogP contribution in [-0.2, 0) is 4.79 Å². The van der Waals surface area contributed by atoms with E-state index in [0.29, 0.717) is 5.57 Å². The summed E-state index contributed by atoms with van der Waals surface area (Å²) in [7, 11) is 0. The summed E-state index contributed by atoms with van der Waals surface area (Å²) in [5.74, 6) is 0.0244. The number of carbonyl (C=O) groups excluding carboxylic acids is 1. The zero-order valence-corrected chi connectivity index (χ0v) is 9.42. The molecular weight excluding hydrogens is 224 g/mol. The van der Waals surface area contributed by atoms with Crippen LogP contribution in [0.25, 0.3) is 22.7 Å². The molecule has 0 saturated heterocycles. The second-order valence-electron chi connectivity index (χ2n) is 4.31. The van der Waals surface area contributed by atoms with Crippen LogP contribution >= 0.6 is 0 Å². The Morgan fingerprint density at radius 3 is 2.56 bits per heavy atom. The zero-order chi connectivity index (χ0) is 12.1. The van der Waals surface area contributed by atoms with Gasteiger partial charge in [0.2, 0.25) is 0 Å². The molecule has 2 aliphatic carbocycles. The Labute approximate surface area is 103 Å².